The second-order valence-electron chi connectivity index (χ2n) is 3.10. The van der Waals surface area contributed by atoms with Gasteiger partial charge in [-0.3, -0.25) is 4.79 Å². The quantitative estimate of drug-likeness (QED) is 0.821. The number of carbonyl (C=O) groups is 1. The van der Waals surface area contributed by atoms with Gasteiger partial charge in [0.15, 0.2) is 0 Å². The molecule has 1 aliphatic rings. The summed E-state index contributed by atoms with van der Waals surface area (Å²) in [7, 11) is 0. The number of nitrogens with zero attached hydrogens (tertiary/aromatic N) is 1. The van der Waals surface area contributed by atoms with Gasteiger partial charge in [0.05, 0.1) is 18.0 Å². The summed E-state index contributed by atoms with van der Waals surface area (Å²) in [5.41, 5.74) is 1.21. The number of aliphatic carboxylic acids is 1. The molecule has 0 saturated heterocycles. The van der Waals surface area contributed by atoms with Crippen LogP contribution >= 0.6 is 23.7 Å². The Hall–Kier alpha value is -0.810. The van der Waals surface area contributed by atoms with Crippen molar-refractivity contribution in [2.24, 2.45) is 0 Å². The number of anilines is 1. The third kappa shape index (κ3) is 2.60. The Balaban J connectivity index is 1.93. The van der Waals surface area contributed by atoms with Gasteiger partial charge in [0.25, 0.3) is 0 Å². The molecule has 1 aromatic rings. The van der Waals surface area contributed by atoms with Crippen molar-refractivity contribution >= 4 is 35.4 Å². The fourth-order valence-corrected chi connectivity index (χ4v) is 3.53. The van der Waals surface area contributed by atoms with Crippen LogP contribution in [-0.4, -0.2) is 22.7 Å². The van der Waals surface area contributed by atoms with E-state index in [0.29, 0.717) is 5.75 Å². The Morgan fingerprint density at radius 2 is 2.33 bits per heavy atom. The molecule has 1 N–H and O–H groups in total. The lowest BCUT2D eigenvalue weighted by molar-refractivity contribution is -0.136. The SMILES string of the molecule is O=C(O)CCSN1CSc2ccccc21. The number of benzene rings is 1. The minimum atomic E-state index is -0.734. The number of hydrogen-bond donors (Lipinski definition) is 1. The van der Waals surface area contributed by atoms with Gasteiger partial charge in [-0.1, -0.05) is 12.1 Å². The molecule has 0 bridgehead atoms. The van der Waals surface area contributed by atoms with E-state index < -0.39 is 5.97 Å². The predicted octanol–water partition coefficient (Wildman–Crippen LogP) is 2.68. The van der Waals surface area contributed by atoms with Crippen molar-refractivity contribution in [2.45, 2.75) is 11.3 Å². The lowest BCUT2D eigenvalue weighted by Gasteiger charge is -2.15. The first kappa shape index (κ1) is 10.7. The highest BCUT2D eigenvalue weighted by atomic mass is 32.2. The molecule has 5 heteroatoms. The molecule has 0 unspecified atom stereocenters. The summed E-state index contributed by atoms with van der Waals surface area (Å²) in [6, 6.07) is 8.20. The van der Waals surface area contributed by atoms with Gasteiger partial charge in [0.2, 0.25) is 0 Å². The van der Waals surface area contributed by atoms with Crippen molar-refractivity contribution in [3.05, 3.63) is 24.3 Å². The molecule has 2 rings (SSSR count). The molecule has 0 atom stereocenters. The second-order valence-corrected chi connectivity index (χ2v) is 5.19. The smallest absolute Gasteiger partial charge is 0.304 e. The Bertz CT molecular complexity index is 370. The number of fused-ring (bicyclic) bond motifs is 1. The number of para-hydroxylation sites is 1. The third-order valence-electron chi connectivity index (χ3n) is 2.03. The molecule has 1 aromatic carbocycles. The fraction of sp³-hybridized carbons (Fsp3) is 0.300. The molecule has 15 heavy (non-hydrogen) atoms. The summed E-state index contributed by atoms with van der Waals surface area (Å²) in [5, 5.41) is 8.55. The van der Waals surface area contributed by atoms with Crippen molar-refractivity contribution in [3.8, 4) is 0 Å². The third-order valence-corrected chi connectivity index (χ3v) is 4.27. The normalized spacial score (nSPS) is 14.0. The van der Waals surface area contributed by atoms with Gasteiger partial charge < -0.3 is 9.41 Å². The summed E-state index contributed by atoms with van der Waals surface area (Å²) < 4.78 is 2.16. The largest absolute Gasteiger partial charge is 0.481 e. The molecule has 1 aliphatic heterocycles. The first-order valence-corrected chi connectivity index (χ1v) is 6.54. The van der Waals surface area contributed by atoms with Crippen LogP contribution in [0.1, 0.15) is 6.42 Å². The van der Waals surface area contributed by atoms with Gasteiger partial charge in [-0.15, -0.1) is 11.8 Å². The highest BCUT2D eigenvalue weighted by molar-refractivity contribution is 8.04. The Kier molecular flexibility index (Phi) is 3.43. The first-order valence-electron chi connectivity index (χ1n) is 4.61. The van der Waals surface area contributed by atoms with E-state index in [-0.39, 0.29) is 6.42 Å². The highest BCUT2D eigenvalue weighted by Crippen LogP contribution is 2.41. The zero-order valence-electron chi connectivity index (χ0n) is 8.05. The van der Waals surface area contributed by atoms with Gasteiger partial charge in [-0.2, -0.15) is 0 Å². The van der Waals surface area contributed by atoms with Crippen LogP contribution in [0.2, 0.25) is 0 Å². The number of hydrogen-bond acceptors (Lipinski definition) is 4. The molecule has 0 spiro atoms. The fourth-order valence-electron chi connectivity index (χ4n) is 1.33. The number of carboxylic acid groups (broad SMARTS) is 1. The molecule has 0 radical (unpaired) electrons. The molecule has 0 aliphatic carbocycles. The van der Waals surface area contributed by atoms with Crippen LogP contribution in [0.5, 0.6) is 0 Å². The Morgan fingerprint density at radius 1 is 1.53 bits per heavy atom. The minimum absolute atomic E-state index is 0.216. The van der Waals surface area contributed by atoms with Crippen molar-refractivity contribution in [1.29, 1.82) is 0 Å². The van der Waals surface area contributed by atoms with Crippen molar-refractivity contribution in [3.63, 3.8) is 0 Å². The molecule has 80 valence electrons. The summed E-state index contributed by atoms with van der Waals surface area (Å²) in [6.45, 7) is 0. The van der Waals surface area contributed by atoms with E-state index in [1.165, 1.54) is 10.6 Å². The summed E-state index contributed by atoms with van der Waals surface area (Å²) in [6.07, 6.45) is 0.216. The average molecular weight is 241 g/mol. The predicted molar refractivity (Wildman–Crippen MR) is 64.4 cm³/mol. The van der Waals surface area contributed by atoms with E-state index in [1.54, 1.807) is 23.7 Å². The van der Waals surface area contributed by atoms with Crippen molar-refractivity contribution in [2.75, 3.05) is 15.9 Å². The average Bonchev–Trinajstić information content (AvgIpc) is 2.62. The molecule has 1 heterocycles. The van der Waals surface area contributed by atoms with Crippen LogP contribution in [-0.2, 0) is 4.79 Å². The molecule has 0 amide bonds. The standard InChI is InChI=1S/C10H11NO2S2/c12-10(13)5-6-15-11-7-14-9-4-2-1-3-8(9)11/h1-4H,5-7H2,(H,12,13). The molecule has 0 aromatic heterocycles. The number of rotatable bonds is 4. The maximum absolute atomic E-state index is 10.4. The van der Waals surface area contributed by atoms with Crippen LogP contribution in [0, 0.1) is 0 Å². The van der Waals surface area contributed by atoms with Crippen LogP contribution in [0.25, 0.3) is 0 Å². The highest BCUT2D eigenvalue weighted by Gasteiger charge is 2.19. The summed E-state index contributed by atoms with van der Waals surface area (Å²) >= 11 is 3.38. The van der Waals surface area contributed by atoms with E-state index in [2.05, 4.69) is 16.4 Å². The maximum atomic E-state index is 10.4. The molecule has 0 saturated carbocycles. The van der Waals surface area contributed by atoms with E-state index in [9.17, 15) is 4.79 Å². The van der Waals surface area contributed by atoms with Gasteiger partial charge in [0, 0.05) is 10.6 Å². The maximum Gasteiger partial charge on any atom is 0.304 e. The van der Waals surface area contributed by atoms with E-state index >= 15 is 0 Å². The van der Waals surface area contributed by atoms with Crippen molar-refractivity contribution in [1.82, 2.24) is 0 Å². The second kappa shape index (κ2) is 4.81. The molecule has 3 nitrogen and oxygen atoms in total. The number of thioether (sulfide) groups is 1. The molecule has 0 fully saturated rings. The van der Waals surface area contributed by atoms with Gasteiger partial charge in [-0.25, -0.2) is 0 Å². The lowest BCUT2D eigenvalue weighted by Crippen LogP contribution is -2.10. The molecular formula is C10H11NO2S2. The Labute approximate surface area is 97.0 Å². The van der Waals surface area contributed by atoms with E-state index in [4.69, 9.17) is 5.11 Å². The van der Waals surface area contributed by atoms with Gasteiger partial charge >= 0.3 is 5.97 Å². The zero-order valence-corrected chi connectivity index (χ0v) is 9.68. The zero-order chi connectivity index (χ0) is 10.7. The van der Waals surface area contributed by atoms with Crippen LogP contribution in [0.4, 0.5) is 5.69 Å². The monoisotopic (exact) mass is 241 g/mol. The lowest BCUT2D eigenvalue weighted by atomic mass is 10.3. The minimum Gasteiger partial charge on any atom is -0.481 e. The van der Waals surface area contributed by atoms with Crippen LogP contribution < -0.4 is 4.31 Å². The summed E-state index contributed by atoms with van der Waals surface area (Å²) in [4.78, 5) is 11.7. The number of carboxylic acids is 1. The topological polar surface area (TPSA) is 40.5 Å². The van der Waals surface area contributed by atoms with Crippen LogP contribution in [0.15, 0.2) is 29.2 Å². The van der Waals surface area contributed by atoms with Crippen molar-refractivity contribution < 1.29 is 9.90 Å². The summed E-state index contributed by atoms with van der Waals surface area (Å²) in [5.74, 6) is 0.802. The molecular weight excluding hydrogens is 230 g/mol. The van der Waals surface area contributed by atoms with Crippen LogP contribution in [0.3, 0.4) is 0 Å². The van der Waals surface area contributed by atoms with Gasteiger partial charge in [0.1, 0.15) is 0 Å². The Morgan fingerprint density at radius 3 is 3.13 bits per heavy atom. The van der Waals surface area contributed by atoms with Gasteiger partial charge in [-0.05, 0) is 24.1 Å². The van der Waals surface area contributed by atoms with E-state index in [0.717, 1.165) is 5.88 Å². The van der Waals surface area contributed by atoms with E-state index in [1.807, 2.05) is 12.1 Å². The first-order chi connectivity index (χ1) is 7.27.